The van der Waals surface area contributed by atoms with E-state index in [9.17, 15) is 14.4 Å². The first kappa shape index (κ1) is 17.7. The molecule has 0 fully saturated rings. The molecule has 0 saturated heterocycles. The lowest BCUT2D eigenvalue weighted by Gasteiger charge is -2.10. The quantitative estimate of drug-likeness (QED) is 0.490. The van der Waals surface area contributed by atoms with Gasteiger partial charge in [-0.3, -0.25) is 14.0 Å². The predicted molar refractivity (Wildman–Crippen MR) is 103 cm³/mol. The highest BCUT2D eigenvalue weighted by Gasteiger charge is 2.15. The second-order valence-electron chi connectivity index (χ2n) is 6.10. The highest BCUT2D eigenvalue weighted by Crippen LogP contribution is 2.22. The molecule has 0 bridgehead atoms. The number of carbonyl (C=O) groups is 2. The fourth-order valence-electron chi connectivity index (χ4n) is 3.02. The summed E-state index contributed by atoms with van der Waals surface area (Å²) in [6.07, 6.45) is 3.21. The van der Waals surface area contributed by atoms with Crippen LogP contribution in [-0.2, 0) is 6.54 Å². The third-order valence-electron chi connectivity index (χ3n) is 4.32. The van der Waals surface area contributed by atoms with Crippen LogP contribution in [0.15, 0.2) is 53.6 Å². The van der Waals surface area contributed by atoms with Gasteiger partial charge in [0.2, 0.25) is 0 Å². The van der Waals surface area contributed by atoms with E-state index in [1.807, 2.05) is 6.07 Å². The van der Waals surface area contributed by atoms with Crippen molar-refractivity contribution in [2.45, 2.75) is 6.54 Å². The number of imidazole rings is 1. The minimum Gasteiger partial charge on any atom is -0.477 e. The number of nitrogens with one attached hydrogen (secondary N) is 2. The highest BCUT2D eigenvalue weighted by atomic mass is 35.5. The van der Waals surface area contributed by atoms with Gasteiger partial charge in [0, 0.05) is 23.2 Å². The van der Waals surface area contributed by atoms with Gasteiger partial charge < -0.3 is 15.4 Å². The van der Waals surface area contributed by atoms with Crippen molar-refractivity contribution >= 4 is 40.0 Å². The van der Waals surface area contributed by atoms with Gasteiger partial charge in [0.15, 0.2) is 0 Å². The van der Waals surface area contributed by atoms with Gasteiger partial charge in [-0.25, -0.2) is 9.78 Å². The molecule has 0 atom stereocenters. The first-order valence-electron chi connectivity index (χ1n) is 8.23. The Morgan fingerprint density at radius 2 is 2.07 bits per heavy atom. The standard InChI is InChI=1S/C19H13ClN4O4/c20-12-5-10-7-13(19(27)28)17(25)23-16(10)11(6-12)8-22-18(26)14-9-21-15-3-1-2-4-24(14)15/h1-7,9H,8H2,(H,22,26)(H,23,25)(H,27,28). The monoisotopic (exact) mass is 396 g/mol. The zero-order valence-corrected chi connectivity index (χ0v) is 15.0. The molecule has 9 heteroatoms. The molecule has 28 heavy (non-hydrogen) atoms. The maximum absolute atomic E-state index is 12.6. The van der Waals surface area contributed by atoms with Gasteiger partial charge in [0.05, 0.1) is 11.7 Å². The second kappa shape index (κ2) is 6.82. The molecular weight excluding hydrogens is 384 g/mol. The Kier molecular flexibility index (Phi) is 4.32. The van der Waals surface area contributed by atoms with Crippen LogP contribution in [0.4, 0.5) is 0 Å². The molecule has 0 spiro atoms. The molecule has 4 rings (SSSR count). The first-order valence-corrected chi connectivity index (χ1v) is 8.61. The number of hydrogen-bond acceptors (Lipinski definition) is 4. The number of pyridine rings is 2. The average molecular weight is 397 g/mol. The summed E-state index contributed by atoms with van der Waals surface area (Å²) in [6, 6.07) is 9.82. The van der Waals surface area contributed by atoms with Crippen molar-refractivity contribution in [3.05, 3.63) is 81.0 Å². The van der Waals surface area contributed by atoms with Gasteiger partial charge in [-0.1, -0.05) is 17.7 Å². The number of aromatic nitrogens is 3. The molecule has 0 aliphatic rings. The van der Waals surface area contributed by atoms with Crippen molar-refractivity contribution in [2.24, 2.45) is 0 Å². The lowest BCUT2D eigenvalue weighted by atomic mass is 10.1. The molecule has 4 aromatic rings. The normalized spacial score (nSPS) is 11.0. The van der Waals surface area contributed by atoms with Gasteiger partial charge in [-0.05, 0) is 35.9 Å². The summed E-state index contributed by atoms with van der Waals surface area (Å²) in [4.78, 5) is 42.5. The smallest absolute Gasteiger partial charge is 0.341 e. The van der Waals surface area contributed by atoms with E-state index in [1.54, 1.807) is 34.9 Å². The van der Waals surface area contributed by atoms with E-state index in [4.69, 9.17) is 16.7 Å². The summed E-state index contributed by atoms with van der Waals surface area (Å²) >= 11 is 6.12. The molecule has 3 aromatic heterocycles. The minimum atomic E-state index is -1.33. The van der Waals surface area contributed by atoms with Crippen LogP contribution in [0, 0.1) is 0 Å². The first-order chi connectivity index (χ1) is 13.4. The van der Waals surface area contributed by atoms with Gasteiger partial charge in [-0.2, -0.15) is 0 Å². The van der Waals surface area contributed by atoms with Crippen molar-refractivity contribution in [3.8, 4) is 0 Å². The van der Waals surface area contributed by atoms with Crippen LogP contribution < -0.4 is 10.9 Å². The van der Waals surface area contributed by atoms with Crippen LogP contribution in [0.5, 0.6) is 0 Å². The lowest BCUT2D eigenvalue weighted by molar-refractivity contribution is 0.0695. The van der Waals surface area contributed by atoms with E-state index in [0.29, 0.717) is 32.8 Å². The number of carbonyl (C=O) groups excluding carboxylic acids is 1. The molecule has 0 aliphatic carbocycles. The molecule has 0 aliphatic heterocycles. The summed E-state index contributed by atoms with van der Waals surface area (Å²) in [5.74, 6) is -1.68. The molecule has 3 heterocycles. The van der Waals surface area contributed by atoms with Crippen molar-refractivity contribution < 1.29 is 14.7 Å². The Labute approximate surface area is 162 Å². The molecule has 8 nitrogen and oxygen atoms in total. The van der Waals surface area contributed by atoms with Crippen molar-refractivity contribution in [3.63, 3.8) is 0 Å². The number of nitrogens with zero attached hydrogens (tertiary/aromatic N) is 2. The number of halogens is 1. The Morgan fingerprint density at radius 3 is 2.86 bits per heavy atom. The van der Waals surface area contributed by atoms with Gasteiger partial charge in [-0.15, -0.1) is 0 Å². The molecule has 1 aromatic carbocycles. The van der Waals surface area contributed by atoms with Crippen LogP contribution in [0.3, 0.4) is 0 Å². The van der Waals surface area contributed by atoms with Gasteiger partial charge in [0.1, 0.15) is 16.9 Å². The maximum Gasteiger partial charge on any atom is 0.341 e. The Hall–Kier alpha value is -3.65. The summed E-state index contributed by atoms with van der Waals surface area (Å²) < 4.78 is 1.66. The van der Waals surface area contributed by atoms with Crippen molar-refractivity contribution in [1.82, 2.24) is 19.7 Å². The molecule has 140 valence electrons. The SMILES string of the molecule is O=C(O)c1cc2cc(Cl)cc(CNC(=O)c3cnc4ccccn34)c2[nH]c1=O. The summed E-state index contributed by atoms with van der Waals surface area (Å²) in [5, 5.41) is 12.7. The number of aromatic carboxylic acids is 1. The van der Waals surface area contributed by atoms with Crippen molar-refractivity contribution in [1.29, 1.82) is 0 Å². The summed E-state index contributed by atoms with van der Waals surface area (Å²) in [5.41, 5.74) is 0.874. The van der Waals surface area contributed by atoms with E-state index in [0.717, 1.165) is 0 Å². The number of carboxylic acids is 1. The van der Waals surface area contributed by atoms with E-state index in [2.05, 4.69) is 15.3 Å². The zero-order chi connectivity index (χ0) is 19.8. The number of benzene rings is 1. The average Bonchev–Trinajstić information content (AvgIpc) is 3.10. The number of amides is 1. The fourth-order valence-corrected chi connectivity index (χ4v) is 3.27. The third-order valence-corrected chi connectivity index (χ3v) is 4.54. The number of fused-ring (bicyclic) bond motifs is 2. The van der Waals surface area contributed by atoms with E-state index < -0.39 is 11.5 Å². The van der Waals surface area contributed by atoms with Crippen molar-refractivity contribution in [2.75, 3.05) is 0 Å². The van der Waals surface area contributed by atoms with E-state index in [-0.39, 0.29) is 18.0 Å². The number of aromatic amines is 1. The Morgan fingerprint density at radius 1 is 1.25 bits per heavy atom. The topological polar surface area (TPSA) is 117 Å². The Bertz CT molecular complexity index is 1310. The number of H-pyrrole nitrogens is 1. The third kappa shape index (κ3) is 3.10. The largest absolute Gasteiger partial charge is 0.477 e. The van der Waals surface area contributed by atoms with E-state index in [1.165, 1.54) is 12.3 Å². The van der Waals surface area contributed by atoms with Crippen LogP contribution in [0.25, 0.3) is 16.6 Å². The van der Waals surface area contributed by atoms with Crippen LogP contribution in [-0.4, -0.2) is 31.4 Å². The van der Waals surface area contributed by atoms with Gasteiger partial charge in [0.25, 0.3) is 11.5 Å². The van der Waals surface area contributed by atoms with Crippen LogP contribution >= 0.6 is 11.6 Å². The zero-order valence-electron chi connectivity index (χ0n) is 14.3. The molecule has 0 unspecified atom stereocenters. The number of carboxylic acid groups (broad SMARTS) is 1. The summed E-state index contributed by atoms with van der Waals surface area (Å²) in [6.45, 7) is 0.0817. The van der Waals surface area contributed by atoms with Crippen LogP contribution in [0.1, 0.15) is 26.4 Å². The predicted octanol–water partition coefficient (Wildman–Crippen LogP) is 2.46. The molecule has 0 saturated carbocycles. The fraction of sp³-hybridized carbons (Fsp3) is 0.0526. The molecule has 0 radical (unpaired) electrons. The minimum absolute atomic E-state index is 0.0817. The van der Waals surface area contributed by atoms with Crippen LogP contribution in [0.2, 0.25) is 5.02 Å². The lowest BCUT2D eigenvalue weighted by Crippen LogP contribution is -2.25. The Balaban J connectivity index is 1.68. The number of hydrogen-bond donors (Lipinski definition) is 3. The number of rotatable bonds is 4. The maximum atomic E-state index is 12.6. The molecular formula is C19H13ClN4O4. The summed E-state index contributed by atoms with van der Waals surface area (Å²) in [7, 11) is 0. The van der Waals surface area contributed by atoms with E-state index >= 15 is 0 Å². The highest BCUT2D eigenvalue weighted by molar-refractivity contribution is 6.31. The molecule has 1 amide bonds. The van der Waals surface area contributed by atoms with Gasteiger partial charge >= 0.3 is 5.97 Å². The second-order valence-corrected chi connectivity index (χ2v) is 6.54. The molecule has 3 N–H and O–H groups in total.